The fraction of sp³-hybridized carbons (Fsp3) is 0. The Morgan fingerprint density at radius 2 is 2.27 bits per heavy atom. The van der Waals surface area contributed by atoms with Gasteiger partial charge >= 0.3 is 0 Å². The van der Waals surface area contributed by atoms with Crippen LogP contribution in [0.2, 0.25) is 5.02 Å². The van der Waals surface area contributed by atoms with Crippen molar-refractivity contribution in [1.29, 1.82) is 0 Å². The van der Waals surface area contributed by atoms with Gasteiger partial charge in [0, 0.05) is 16.8 Å². The molecule has 0 aliphatic carbocycles. The lowest BCUT2D eigenvalue weighted by atomic mass is 10.3. The van der Waals surface area contributed by atoms with Crippen LogP contribution in [-0.2, 0) is 0 Å². The summed E-state index contributed by atoms with van der Waals surface area (Å²) in [6.07, 6.45) is 0.705. The van der Waals surface area contributed by atoms with Gasteiger partial charge in [-0.25, -0.2) is 0 Å². The summed E-state index contributed by atoms with van der Waals surface area (Å²) in [5, 5.41) is 10.1. The normalized spacial score (nSPS) is 9.93. The van der Waals surface area contributed by atoms with Crippen molar-refractivity contribution in [1.82, 2.24) is 10.2 Å². The van der Waals surface area contributed by atoms with E-state index >= 15 is 0 Å². The van der Waals surface area contributed by atoms with Gasteiger partial charge in [-0.2, -0.15) is 5.10 Å². The molecule has 0 bridgehead atoms. The number of H-pyrrole nitrogens is 1. The standard InChI is InChI=1S/C10H8ClN3O/c11-7-2-1-3-8(4-7)12-10-5-9(6-15)13-14-10/h1-6H,(H2,12,13,14). The molecule has 0 spiro atoms. The van der Waals surface area contributed by atoms with Crippen molar-refractivity contribution in [2.45, 2.75) is 0 Å². The van der Waals surface area contributed by atoms with Gasteiger partial charge in [0.15, 0.2) is 12.1 Å². The molecule has 0 atom stereocenters. The molecule has 1 aromatic heterocycles. The van der Waals surface area contributed by atoms with Crippen LogP contribution in [-0.4, -0.2) is 16.5 Å². The van der Waals surface area contributed by atoms with Gasteiger partial charge in [-0.3, -0.25) is 9.89 Å². The first-order valence-electron chi connectivity index (χ1n) is 4.31. The fourth-order valence-corrected chi connectivity index (χ4v) is 1.37. The molecule has 1 aromatic carbocycles. The Bertz CT molecular complexity index is 481. The van der Waals surface area contributed by atoms with E-state index in [1.165, 1.54) is 0 Å². The summed E-state index contributed by atoms with van der Waals surface area (Å²) in [7, 11) is 0. The molecule has 1 heterocycles. The summed E-state index contributed by atoms with van der Waals surface area (Å²) in [6.45, 7) is 0. The van der Waals surface area contributed by atoms with Gasteiger partial charge < -0.3 is 5.32 Å². The topological polar surface area (TPSA) is 57.8 Å². The fourth-order valence-electron chi connectivity index (χ4n) is 1.18. The van der Waals surface area contributed by atoms with Gasteiger partial charge in [0.25, 0.3) is 0 Å². The van der Waals surface area contributed by atoms with Crippen LogP contribution in [0, 0.1) is 0 Å². The van der Waals surface area contributed by atoms with Crippen molar-refractivity contribution < 1.29 is 4.79 Å². The number of benzene rings is 1. The van der Waals surface area contributed by atoms with Crippen LogP contribution in [0.25, 0.3) is 0 Å². The maximum Gasteiger partial charge on any atom is 0.167 e. The van der Waals surface area contributed by atoms with E-state index in [2.05, 4.69) is 15.5 Å². The summed E-state index contributed by atoms with van der Waals surface area (Å²) < 4.78 is 0. The Morgan fingerprint density at radius 1 is 1.40 bits per heavy atom. The molecule has 2 rings (SSSR count). The van der Waals surface area contributed by atoms with E-state index in [-0.39, 0.29) is 0 Å². The van der Waals surface area contributed by atoms with Gasteiger partial charge in [0.2, 0.25) is 0 Å². The molecule has 76 valence electrons. The molecule has 0 unspecified atom stereocenters. The number of carbonyl (C=O) groups excluding carboxylic acids is 1. The molecule has 15 heavy (non-hydrogen) atoms. The Balaban J connectivity index is 2.18. The maximum atomic E-state index is 10.4. The van der Waals surface area contributed by atoms with Gasteiger partial charge in [0.1, 0.15) is 0 Å². The highest BCUT2D eigenvalue weighted by Crippen LogP contribution is 2.18. The second-order valence-electron chi connectivity index (χ2n) is 2.96. The minimum Gasteiger partial charge on any atom is -0.339 e. The maximum absolute atomic E-state index is 10.4. The zero-order valence-corrected chi connectivity index (χ0v) is 8.45. The highest BCUT2D eigenvalue weighted by Gasteiger charge is 2.00. The molecule has 4 nitrogen and oxygen atoms in total. The lowest BCUT2D eigenvalue weighted by Gasteiger charge is -2.01. The van der Waals surface area contributed by atoms with Crippen molar-refractivity contribution >= 4 is 29.4 Å². The molecular formula is C10H8ClN3O. The zero-order valence-electron chi connectivity index (χ0n) is 7.70. The van der Waals surface area contributed by atoms with Crippen LogP contribution in [0.15, 0.2) is 30.3 Å². The van der Waals surface area contributed by atoms with Gasteiger partial charge in [-0.05, 0) is 18.2 Å². The Morgan fingerprint density at radius 3 is 2.93 bits per heavy atom. The van der Waals surface area contributed by atoms with Crippen molar-refractivity contribution in [3.63, 3.8) is 0 Å². The number of halogens is 1. The second-order valence-corrected chi connectivity index (χ2v) is 3.40. The number of aldehydes is 1. The Labute approximate surface area is 91.3 Å². The van der Waals surface area contributed by atoms with Crippen LogP contribution in [0.5, 0.6) is 0 Å². The predicted octanol–water partition coefficient (Wildman–Crippen LogP) is 2.62. The van der Waals surface area contributed by atoms with E-state index in [9.17, 15) is 4.79 Å². The van der Waals surface area contributed by atoms with Gasteiger partial charge in [0.05, 0.1) is 5.69 Å². The average Bonchev–Trinajstić information content (AvgIpc) is 2.65. The highest BCUT2D eigenvalue weighted by molar-refractivity contribution is 6.30. The van der Waals surface area contributed by atoms with E-state index < -0.39 is 0 Å². The van der Waals surface area contributed by atoms with E-state index in [4.69, 9.17) is 11.6 Å². The number of rotatable bonds is 3. The van der Waals surface area contributed by atoms with E-state index in [1.807, 2.05) is 12.1 Å². The second kappa shape index (κ2) is 4.14. The van der Waals surface area contributed by atoms with Crippen LogP contribution >= 0.6 is 11.6 Å². The number of nitrogens with one attached hydrogen (secondary N) is 2. The first-order valence-corrected chi connectivity index (χ1v) is 4.69. The summed E-state index contributed by atoms with van der Waals surface area (Å²) >= 11 is 5.82. The number of anilines is 2. The molecule has 0 saturated heterocycles. The van der Waals surface area contributed by atoms with Crippen molar-refractivity contribution in [2.24, 2.45) is 0 Å². The smallest absolute Gasteiger partial charge is 0.167 e. The van der Waals surface area contributed by atoms with E-state index in [1.54, 1.807) is 18.2 Å². The monoisotopic (exact) mass is 221 g/mol. The van der Waals surface area contributed by atoms with Crippen LogP contribution in [0.4, 0.5) is 11.5 Å². The third-order valence-electron chi connectivity index (χ3n) is 1.82. The predicted molar refractivity (Wildman–Crippen MR) is 58.7 cm³/mol. The Hall–Kier alpha value is -1.81. The third-order valence-corrected chi connectivity index (χ3v) is 2.06. The molecule has 0 aliphatic heterocycles. The SMILES string of the molecule is O=Cc1cc(Nc2cccc(Cl)c2)n[nH]1. The quantitative estimate of drug-likeness (QED) is 0.784. The first-order chi connectivity index (χ1) is 7.28. The number of carbonyl (C=O) groups is 1. The number of aromatic amines is 1. The zero-order chi connectivity index (χ0) is 10.7. The van der Waals surface area contributed by atoms with Crippen molar-refractivity contribution in [3.8, 4) is 0 Å². The number of hydrogen-bond donors (Lipinski definition) is 2. The molecular weight excluding hydrogens is 214 g/mol. The first kappa shape index (κ1) is 9.73. The highest BCUT2D eigenvalue weighted by atomic mass is 35.5. The largest absolute Gasteiger partial charge is 0.339 e. The summed E-state index contributed by atoms with van der Waals surface area (Å²) in [6, 6.07) is 8.87. The minimum atomic E-state index is 0.430. The van der Waals surface area contributed by atoms with Crippen molar-refractivity contribution in [3.05, 3.63) is 41.0 Å². The molecule has 2 aromatic rings. The number of aromatic nitrogens is 2. The Kier molecular flexibility index (Phi) is 2.69. The third kappa shape index (κ3) is 2.35. The summed E-state index contributed by atoms with van der Waals surface area (Å²) in [5.41, 5.74) is 1.26. The van der Waals surface area contributed by atoms with Crippen LogP contribution in [0.1, 0.15) is 10.5 Å². The molecule has 0 aliphatic rings. The van der Waals surface area contributed by atoms with E-state index in [0.29, 0.717) is 22.8 Å². The average molecular weight is 222 g/mol. The van der Waals surface area contributed by atoms with E-state index in [0.717, 1.165) is 5.69 Å². The lowest BCUT2D eigenvalue weighted by Crippen LogP contribution is -1.89. The number of hydrogen-bond acceptors (Lipinski definition) is 3. The minimum absolute atomic E-state index is 0.430. The molecule has 0 radical (unpaired) electrons. The van der Waals surface area contributed by atoms with Crippen LogP contribution < -0.4 is 5.32 Å². The summed E-state index contributed by atoms with van der Waals surface area (Å²) in [5.74, 6) is 0.583. The summed E-state index contributed by atoms with van der Waals surface area (Å²) in [4.78, 5) is 10.4. The molecule has 2 N–H and O–H groups in total. The lowest BCUT2D eigenvalue weighted by molar-refractivity contribution is 0.111. The molecule has 0 amide bonds. The number of nitrogens with zero attached hydrogens (tertiary/aromatic N) is 1. The van der Waals surface area contributed by atoms with Crippen LogP contribution in [0.3, 0.4) is 0 Å². The van der Waals surface area contributed by atoms with Gasteiger partial charge in [-0.1, -0.05) is 17.7 Å². The van der Waals surface area contributed by atoms with Crippen molar-refractivity contribution in [2.75, 3.05) is 5.32 Å². The van der Waals surface area contributed by atoms with Gasteiger partial charge in [-0.15, -0.1) is 0 Å². The molecule has 0 fully saturated rings. The molecule has 0 saturated carbocycles. The molecule has 5 heteroatoms.